The second kappa shape index (κ2) is 4.46. The van der Waals surface area contributed by atoms with Gasteiger partial charge in [-0.05, 0) is 19.3 Å². The number of rotatable bonds is 4. The monoisotopic (exact) mass is 195 g/mol. The minimum Gasteiger partial charge on any atom is -0.372 e. The lowest BCUT2D eigenvalue weighted by atomic mass is 10.2. The summed E-state index contributed by atoms with van der Waals surface area (Å²) in [6.45, 7) is 3.98. The van der Waals surface area contributed by atoms with Gasteiger partial charge in [0.25, 0.3) is 0 Å². The summed E-state index contributed by atoms with van der Waals surface area (Å²) in [6, 6.07) is 2.05. The molecular weight excluding hydrogens is 178 g/mol. The summed E-state index contributed by atoms with van der Waals surface area (Å²) in [7, 11) is 0. The van der Waals surface area contributed by atoms with Crippen molar-refractivity contribution in [2.45, 2.75) is 32.3 Å². The molecule has 2 N–H and O–H groups in total. The van der Waals surface area contributed by atoms with Crippen LogP contribution in [0.5, 0.6) is 0 Å². The Bertz CT molecular complexity index is 279. The van der Waals surface area contributed by atoms with Gasteiger partial charge in [-0.2, -0.15) is 5.10 Å². The second-order valence-electron chi connectivity index (χ2n) is 3.64. The summed E-state index contributed by atoms with van der Waals surface area (Å²) in [5.41, 5.74) is 1.10. The van der Waals surface area contributed by atoms with Gasteiger partial charge in [-0.1, -0.05) is 6.92 Å². The quantitative estimate of drug-likeness (QED) is 0.773. The Kier molecular flexibility index (Phi) is 3.03. The van der Waals surface area contributed by atoms with E-state index in [-0.39, 0.29) is 6.10 Å². The summed E-state index contributed by atoms with van der Waals surface area (Å²) in [6.07, 6.45) is 3.61. The molecule has 1 atom stereocenters. The molecule has 0 radical (unpaired) electrons. The zero-order chi connectivity index (χ0) is 9.80. The van der Waals surface area contributed by atoms with Crippen LogP contribution in [0.1, 0.15) is 38.0 Å². The van der Waals surface area contributed by atoms with Crippen LogP contribution in [0.3, 0.4) is 0 Å². The normalized spacial score (nSPS) is 21.4. The van der Waals surface area contributed by atoms with Gasteiger partial charge in [-0.15, -0.1) is 0 Å². The van der Waals surface area contributed by atoms with Gasteiger partial charge in [0.05, 0.1) is 11.8 Å². The number of aromatic amines is 1. The number of hydrogen-bond donors (Lipinski definition) is 2. The number of H-pyrrole nitrogens is 1. The van der Waals surface area contributed by atoms with Crippen LogP contribution in [-0.2, 0) is 4.74 Å². The molecule has 4 heteroatoms. The van der Waals surface area contributed by atoms with E-state index in [1.807, 2.05) is 6.07 Å². The van der Waals surface area contributed by atoms with Crippen molar-refractivity contribution in [3.05, 3.63) is 11.8 Å². The molecule has 2 heterocycles. The molecule has 0 saturated carbocycles. The van der Waals surface area contributed by atoms with E-state index < -0.39 is 0 Å². The Morgan fingerprint density at radius 1 is 1.71 bits per heavy atom. The molecule has 1 fully saturated rings. The van der Waals surface area contributed by atoms with Crippen molar-refractivity contribution in [3.8, 4) is 0 Å². The van der Waals surface area contributed by atoms with Crippen LogP contribution in [0, 0.1) is 0 Å². The smallest absolute Gasteiger partial charge is 0.148 e. The van der Waals surface area contributed by atoms with Gasteiger partial charge in [-0.25, -0.2) is 0 Å². The first kappa shape index (κ1) is 9.52. The lowest BCUT2D eigenvalue weighted by Gasteiger charge is -2.04. The van der Waals surface area contributed by atoms with Gasteiger partial charge in [0.2, 0.25) is 0 Å². The molecule has 1 aromatic rings. The van der Waals surface area contributed by atoms with E-state index in [9.17, 15) is 0 Å². The van der Waals surface area contributed by atoms with Gasteiger partial charge in [-0.3, -0.25) is 5.10 Å². The Hall–Kier alpha value is -1.03. The topological polar surface area (TPSA) is 49.9 Å². The fourth-order valence-corrected chi connectivity index (χ4v) is 1.67. The van der Waals surface area contributed by atoms with E-state index in [1.54, 1.807) is 0 Å². The molecule has 14 heavy (non-hydrogen) atoms. The van der Waals surface area contributed by atoms with Crippen LogP contribution in [0.4, 0.5) is 5.82 Å². The van der Waals surface area contributed by atoms with Crippen molar-refractivity contribution in [2.24, 2.45) is 0 Å². The molecule has 1 aromatic heterocycles. The third-order valence-corrected chi connectivity index (χ3v) is 2.43. The number of anilines is 1. The Morgan fingerprint density at radius 2 is 2.64 bits per heavy atom. The molecule has 78 valence electrons. The van der Waals surface area contributed by atoms with E-state index in [1.165, 1.54) is 0 Å². The van der Waals surface area contributed by atoms with E-state index in [0.717, 1.165) is 43.9 Å². The van der Waals surface area contributed by atoms with Crippen molar-refractivity contribution in [2.75, 3.05) is 18.5 Å². The molecule has 1 saturated heterocycles. The first-order valence-corrected chi connectivity index (χ1v) is 5.31. The maximum Gasteiger partial charge on any atom is 0.148 e. The minimum atomic E-state index is 0.236. The largest absolute Gasteiger partial charge is 0.372 e. The predicted octanol–water partition coefficient (Wildman–Crippen LogP) is 2.08. The van der Waals surface area contributed by atoms with Crippen LogP contribution in [0.2, 0.25) is 0 Å². The van der Waals surface area contributed by atoms with E-state index >= 15 is 0 Å². The average Bonchev–Trinajstić information content (AvgIpc) is 2.85. The first-order valence-electron chi connectivity index (χ1n) is 5.31. The van der Waals surface area contributed by atoms with Gasteiger partial charge in [0.15, 0.2) is 0 Å². The standard InChI is InChI=1S/C10H17N3O/c1-2-5-11-10-7-8(12-13-10)9-4-3-6-14-9/h7,9H,2-6H2,1H3,(H2,11,12,13). The van der Waals surface area contributed by atoms with Crippen LogP contribution in [0.25, 0.3) is 0 Å². The highest BCUT2D eigenvalue weighted by Crippen LogP contribution is 2.27. The molecule has 1 aliphatic heterocycles. The Morgan fingerprint density at radius 3 is 3.36 bits per heavy atom. The van der Waals surface area contributed by atoms with Crippen molar-refractivity contribution in [1.82, 2.24) is 10.2 Å². The van der Waals surface area contributed by atoms with Gasteiger partial charge in [0, 0.05) is 19.2 Å². The number of nitrogens with one attached hydrogen (secondary N) is 2. The van der Waals surface area contributed by atoms with Crippen molar-refractivity contribution >= 4 is 5.82 Å². The number of nitrogens with zero attached hydrogens (tertiary/aromatic N) is 1. The average molecular weight is 195 g/mol. The molecule has 0 aromatic carbocycles. The van der Waals surface area contributed by atoms with Crippen molar-refractivity contribution < 1.29 is 4.74 Å². The maximum atomic E-state index is 5.56. The molecule has 0 spiro atoms. The molecule has 0 aliphatic carbocycles. The predicted molar refractivity (Wildman–Crippen MR) is 55.3 cm³/mol. The highest BCUT2D eigenvalue weighted by Gasteiger charge is 2.19. The minimum absolute atomic E-state index is 0.236. The SMILES string of the molecule is CCCNc1cc(C2CCCO2)[nH]n1. The summed E-state index contributed by atoms with van der Waals surface area (Å²) in [5, 5.41) is 10.4. The fraction of sp³-hybridized carbons (Fsp3) is 0.700. The van der Waals surface area contributed by atoms with E-state index in [2.05, 4.69) is 22.4 Å². The van der Waals surface area contributed by atoms with E-state index in [4.69, 9.17) is 4.74 Å². The Balaban J connectivity index is 1.94. The van der Waals surface area contributed by atoms with Crippen LogP contribution < -0.4 is 5.32 Å². The van der Waals surface area contributed by atoms with Crippen molar-refractivity contribution in [3.63, 3.8) is 0 Å². The van der Waals surface area contributed by atoms with E-state index in [0.29, 0.717) is 0 Å². The fourth-order valence-electron chi connectivity index (χ4n) is 1.67. The lowest BCUT2D eigenvalue weighted by Crippen LogP contribution is -1.99. The molecule has 0 bridgehead atoms. The Labute approximate surface area is 84.0 Å². The molecule has 0 amide bonds. The third-order valence-electron chi connectivity index (χ3n) is 2.43. The molecule has 1 unspecified atom stereocenters. The molecule has 2 rings (SSSR count). The summed E-state index contributed by atoms with van der Waals surface area (Å²) >= 11 is 0. The molecular formula is C10H17N3O. The zero-order valence-corrected chi connectivity index (χ0v) is 8.55. The maximum absolute atomic E-state index is 5.56. The van der Waals surface area contributed by atoms with Crippen LogP contribution in [-0.4, -0.2) is 23.3 Å². The number of ether oxygens (including phenoxy) is 1. The first-order chi connectivity index (χ1) is 6.90. The highest BCUT2D eigenvalue weighted by molar-refractivity contribution is 5.35. The summed E-state index contributed by atoms with van der Waals surface area (Å²) in [4.78, 5) is 0. The second-order valence-corrected chi connectivity index (χ2v) is 3.64. The summed E-state index contributed by atoms with van der Waals surface area (Å²) in [5.74, 6) is 0.928. The van der Waals surface area contributed by atoms with Gasteiger partial charge >= 0.3 is 0 Å². The van der Waals surface area contributed by atoms with Gasteiger partial charge in [0.1, 0.15) is 5.82 Å². The zero-order valence-electron chi connectivity index (χ0n) is 8.55. The summed E-state index contributed by atoms with van der Waals surface area (Å²) < 4.78 is 5.56. The number of hydrogen-bond acceptors (Lipinski definition) is 3. The molecule has 4 nitrogen and oxygen atoms in total. The number of aromatic nitrogens is 2. The van der Waals surface area contributed by atoms with Crippen LogP contribution >= 0.6 is 0 Å². The highest BCUT2D eigenvalue weighted by atomic mass is 16.5. The third kappa shape index (κ3) is 2.07. The van der Waals surface area contributed by atoms with Gasteiger partial charge < -0.3 is 10.1 Å². The lowest BCUT2D eigenvalue weighted by molar-refractivity contribution is 0.108. The molecule has 1 aliphatic rings. The van der Waals surface area contributed by atoms with Crippen LogP contribution in [0.15, 0.2) is 6.07 Å². The van der Waals surface area contributed by atoms with Crippen molar-refractivity contribution in [1.29, 1.82) is 0 Å².